The lowest BCUT2D eigenvalue weighted by molar-refractivity contribution is -0.121. The van der Waals surface area contributed by atoms with Crippen molar-refractivity contribution in [2.75, 3.05) is 11.9 Å². The van der Waals surface area contributed by atoms with Crippen molar-refractivity contribution in [1.29, 1.82) is 0 Å². The maximum atomic E-state index is 12.5. The van der Waals surface area contributed by atoms with Gasteiger partial charge in [0.1, 0.15) is 5.82 Å². The van der Waals surface area contributed by atoms with E-state index in [-0.39, 0.29) is 30.1 Å². The SMILES string of the molecule is CC(O)CC1CCCN1C(C)C(=O)Nc1ccnn1C(C)C. The van der Waals surface area contributed by atoms with Crippen LogP contribution in [0.3, 0.4) is 0 Å². The molecule has 2 N–H and O–H groups in total. The molecule has 3 unspecified atom stereocenters. The fourth-order valence-electron chi connectivity index (χ4n) is 3.22. The van der Waals surface area contributed by atoms with E-state index in [4.69, 9.17) is 0 Å². The molecule has 1 amide bonds. The molecule has 6 heteroatoms. The number of rotatable bonds is 6. The molecule has 2 heterocycles. The van der Waals surface area contributed by atoms with Gasteiger partial charge >= 0.3 is 0 Å². The van der Waals surface area contributed by atoms with Crippen molar-refractivity contribution in [3.8, 4) is 0 Å². The number of amides is 1. The van der Waals surface area contributed by atoms with Gasteiger partial charge in [0.15, 0.2) is 0 Å². The second kappa shape index (κ2) is 7.24. The quantitative estimate of drug-likeness (QED) is 0.843. The van der Waals surface area contributed by atoms with Gasteiger partial charge in [0, 0.05) is 18.2 Å². The van der Waals surface area contributed by atoms with E-state index in [1.807, 2.05) is 38.4 Å². The van der Waals surface area contributed by atoms with Gasteiger partial charge < -0.3 is 10.4 Å². The number of likely N-dealkylation sites (tertiary alicyclic amines) is 1. The van der Waals surface area contributed by atoms with Crippen LogP contribution in [-0.4, -0.2) is 50.4 Å². The number of aromatic nitrogens is 2. The Labute approximate surface area is 132 Å². The number of aliphatic hydroxyl groups is 1. The molecule has 3 atom stereocenters. The van der Waals surface area contributed by atoms with Gasteiger partial charge in [-0.1, -0.05) is 0 Å². The van der Waals surface area contributed by atoms with Gasteiger partial charge in [-0.25, -0.2) is 4.68 Å². The lowest BCUT2D eigenvalue weighted by Crippen LogP contribution is -2.45. The average molecular weight is 308 g/mol. The Hall–Kier alpha value is -1.40. The first-order chi connectivity index (χ1) is 10.4. The minimum absolute atomic E-state index is 0.0140. The normalized spacial score (nSPS) is 22.0. The summed E-state index contributed by atoms with van der Waals surface area (Å²) < 4.78 is 1.81. The van der Waals surface area contributed by atoms with Crippen LogP contribution in [0, 0.1) is 0 Å². The number of carbonyl (C=O) groups excluding carboxylic acids is 1. The van der Waals surface area contributed by atoms with Crippen LogP contribution >= 0.6 is 0 Å². The van der Waals surface area contributed by atoms with Crippen LogP contribution in [0.15, 0.2) is 12.3 Å². The highest BCUT2D eigenvalue weighted by atomic mass is 16.3. The van der Waals surface area contributed by atoms with Crippen LogP contribution in [0.25, 0.3) is 0 Å². The third-order valence-corrected chi connectivity index (χ3v) is 4.32. The van der Waals surface area contributed by atoms with Gasteiger partial charge in [0.05, 0.1) is 18.3 Å². The van der Waals surface area contributed by atoms with E-state index in [1.165, 1.54) is 0 Å². The van der Waals surface area contributed by atoms with E-state index in [2.05, 4.69) is 15.3 Å². The smallest absolute Gasteiger partial charge is 0.242 e. The first kappa shape index (κ1) is 17.0. The summed E-state index contributed by atoms with van der Waals surface area (Å²) in [5.41, 5.74) is 0. The van der Waals surface area contributed by atoms with Crippen molar-refractivity contribution in [3.05, 3.63) is 12.3 Å². The number of hydrogen-bond donors (Lipinski definition) is 2. The first-order valence-corrected chi connectivity index (χ1v) is 8.18. The van der Waals surface area contributed by atoms with Gasteiger partial charge in [-0.3, -0.25) is 9.69 Å². The van der Waals surface area contributed by atoms with Crippen molar-refractivity contribution in [3.63, 3.8) is 0 Å². The Kier molecular flexibility index (Phi) is 5.58. The molecule has 1 aromatic rings. The molecule has 0 spiro atoms. The van der Waals surface area contributed by atoms with Crippen molar-refractivity contribution >= 4 is 11.7 Å². The molecule has 22 heavy (non-hydrogen) atoms. The van der Waals surface area contributed by atoms with Gasteiger partial charge in [-0.15, -0.1) is 0 Å². The van der Waals surface area contributed by atoms with E-state index in [0.717, 1.165) is 31.6 Å². The van der Waals surface area contributed by atoms with Crippen LogP contribution in [0.5, 0.6) is 0 Å². The summed E-state index contributed by atoms with van der Waals surface area (Å²) in [6.45, 7) is 8.72. The summed E-state index contributed by atoms with van der Waals surface area (Å²) in [7, 11) is 0. The summed E-state index contributed by atoms with van der Waals surface area (Å²) in [6, 6.07) is 2.11. The van der Waals surface area contributed by atoms with E-state index in [0.29, 0.717) is 0 Å². The predicted octanol–water partition coefficient (Wildman–Crippen LogP) is 2.03. The number of nitrogens with zero attached hydrogens (tertiary/aromatic N) is 3. The molecule has 0 radical (unpaired) electrons. The highest BCUT2D eigenvalue weighted by molar-refractivity contribution is 5.93. The number of nitrogens with one attached hydrogen (secondary N) is 1. The lowest BCUT2D eigenvalue weighted by Gasteiger charge is -2.30. The molecule has 1 aliphatic heterocycles. The maximum Gasteiger partial charge on any atom is 0.242 e. The van der Waals surface area contributed by atoms with Crippen LogP contribution in [0.2, 0.25) is 0 Å². The molecule has 0 aromatic carbocycles. The largest absolute Gasteiger partial charge is 0.393 e. The maximum absolute atomic E-state index is 12.5. The standard InChI is InChI=1S/C16H28N4O2/c1-11(2)20-15(7-8-17-20)18-16(22)13(4)19-9-5-6-14(19)10-12(3)21/h7-8,11-14,21H,5-6,9-10H2,1-4H3,(H,18,22). The van der Waals surface area contributed by atoms with Crippen molar-refractivity contribution < 1.29 is 9.90 Å². The second-order valence-electron chi connectivity index (χ2n) is 6.54. The van der Waals surface area contributed by atoms with E-state index < -0.39 is 0 Å². The van der Waals surface area contributed by atoms with Gasteiger partial charge in [-0.05, 0) is 53.5 Å². The van der Waals surface area contributed by atoms with Crippen molar-refractivity contribution in [2.45, 2.75) is 71.2 Å². The van der Waals surface area contributed by atoms with Crippen molar-refractivity contribution in [1.82, 2.24) is 14.7 Å². The molecule has 0 saturated carbocycles. The van der Waals surface area contributed by atoms with Crippen LogP contribution in [0.1, 0.15) is 53.0 Å². The molecule has 124 valence electrons. The van der Waals surface area contributed by atoms with Crippen LogP contribution in [-0.2, 0) is 4.79 Å². The fourth-order valence-corrected chi connectivity index (χ4v) is 3.22. The van der Waals surface area contributed by atoms with Crippen LogP contribution in [0.4, 0.5) is 5.82 Å². The number of aliphatic hydroxyl groups excluding tert-OH is 1. The molecule has 1 saturated heterocycles. The highest BCUT2D eigenvalue weighted by Gasteiger charge is 2.32. The summed E-state index contributed by atoms with van der Waals surface area (Å²) in [4.78, 5) is 14.8. The summed E-state index contributed by atoms with van der Waals surface area (Å²) >= 11 is 0. The monoisotopic (exact) mass is 308 g/mol. The molecule has 2 rings (SSSR count). The third kappa shape index (κ3) is 3.87. The molecular formula is C16H28N4O2. The summed E-state index contributed by atoms with van der Waals surface area (Å²) in [5, 5.41) is 16.8. The van der Waals surface area contributed by atoms with Crippen molar-refractivity contribution in [2.24, 2.45) is 0 Å². The zero-order valence-electron chi connectivity index (χ0n) is 14.0. The zero-order chi connectivity index (χ0) is 16.3. The minimum Gasteiger partial charge on any atom is -0.393 e. The minimum atomic E-state index is -0.330. The Balaban J connectivity index is 2.01. The molecule has 0 bridgehead atoms. The molecule has 6 nitrogen and oxygen atoms in total. The average Bonchev–Trinajstić information content (AvgIpc) is 3.06. The lowest BCUT2D eigenvalue weighted by atomic mass is 10.1. The summed E-state index contributed by atoms with van der Waals surface area (Å²) in [5.74, 6) is 0.720. The molecule has 1 fully saturated rings. The summed E-state index contributed by atoms with van der Waals surface area (Å²) in [6.07, 6.45) is 4.22. The van der Waals surface area contributed by atoms with Gasteiger partial charge in [0.25, 0.3) is 0 Å². The van der Waals surface area contributed by atoms with E-state index >= 15 is 0 Å². The third-order valence-electron chi connectivity index (χ3n) is 4.32. The number of carbonyl (C=O) groups is 1. The predicted molar refractivity (Wildman–Crippen MR) is 86.7 cm³/mol. The molecule has 1 aromatic heterocycles. The van der Waals surface area contributed by atoms with E-state index in [1.54, 1.807) is 6.20 Å². The Morgan fingerprint density at radius 2 is 2.18 bits per heavy atom. The highest BCUT2D eigenvalue weighted by Crippen LogP contribution is 2.24. The molecule has 1 aliphatic rings. The number of anilines is 1. The Morgan fingerprint density at radius 1 is 1.45 bits per heavy atom. The molecule has 0 aliphatic carbocycles. The van der Waals surface area contributed by atoms with Gasteiger partial charge in [0.2, 0.25) is 5.91 Å². The van der Waals surface area contributed by atoms with Gasteiger partial charge in [-0.2, -0.15) is 5.10 Å². The first-order valence-electron chi connectivity index (χ1n) is 8.18. The molecular weight excluding hydrogens is 280 g/mol. The second-order valence-corrected chi connectivity index (χ2v) is 6.54. The zero-order valence-corrected chi connectivity index (χ0v) is 14.0. The van der Waals surface area contributed by atoms with Crippen LogP contribution < -0.4 is 5.32 Å². The fraction of sp³-hybridized carbons (Fsp3) is 0.750. The topological polar surface area (TPSA) is 70.4 Å². The van der Waals surface area contributed by atoms with E-state index in [9.17, 15) is 9.90 Å². The Bertz CT molecular complexity index is 498. The number of hydrogen-bond acceptors (Lipinski definition) is 4. The Morgan fingerprint density at radius 3 is 2.82 bits per heavy atom.